The van der Waals surface area contributed by atoms with E-state index in [2.05, 4.69) is 27.6 Å². The van der Waals surface area contributed by atoms with Crippen molar-refractivity contribution in [3.05, 3.63) is 71.7 Å². The van der Waals surface area contributed by atoms with Crippen molar-refractivity contribution in [2.24, 2.45) is 0 Å². The van der Waals surface area contributed by atoms with Crippen molar-refractivity contribution in [3.63, 3.8) is 0 Å². The first kappa shape index (κ1) is 32.9. The standard InChI is InChI=1S/C31H28F4N7O3S.Sb/c1-45-27-7-6-19-14-25(27)36-9-2-4-20-15-26-24(5-3-11-42(26)30(20)46-31(33,34)35)39-23-8-12-40(18-22(23)32)29(44)21-16-38-41(17-21)13-10-37-28(19)43;/h3,5-7,11,14-17,22-23,36H,8-10,12-13,18H2,1H3,(H,37,43);/q-1;+1. The molecule has 7 rings (SSSR count). The van der Waals surface area contributed by atoms with E-state index in [4.69, 9.17) is 4.74 Å². The second kappa shape index (κ2) is 13.6. The molecular formula is C31H28F4N7O3SSb. The number of carbonyl (C=O) groups excluding carboxylic acids is 2. The van der Waals surface area contributed by atoms with Crippen LogP contribution in [-0.4, -0.2) is 105 Å². The van der Waals surface area contributed by atoms with Gasteiger partial charge in [-0.15, -0.1) is 0 Å². The van der Waals surface area contributed by atoms with E-state index in [1.807, 2.05) is 0 Å². The Morgan fingerprint density at radius 2 is 1.96 bits per heavy atom. The molecule has 3 aliphatic rings. The summed E-state index contributed by atoms with van der Waals surface area (Å²) in [5, 5.41) is 10.0. The summed E-state index contributed by atoms with van der Waals surface area (Å²) < 4.78 is 67.1. The Bertz CT molecular complexity index is 1890. The molecule has 0 aliphatic carbocycles. The number of hydrogen-bond donors (Lipinski definition) is 2. The third-order valence-corrected chi connectivity index (χ3v) is 10.2. The number of methoxy groups -OCH3 is 1. The summed E-state index contributed by atoms with van der Waals surface area (Å²) >= 11 is 0.962. The number of anilines is 2. The van der Waals surface area contributed by atoms with Gasteiger partial charge in [-0.3, -0.25) is 4.79 Å². The summed E-state index contributed by atoms with van der Waals surface area (Å²) in [7, 11) is 1.48. The molecule has 2 unspecified atom stereocenters. The SMILES string of the molecule is COc1ccc2cc1NCC#Cc1cc3c(cccn3c1SC(F)(F)F)[N]([Sb])C1CCN(CC1F)C(=O)c1cnn(c1)CCNC2=O. The Hall–Kier alpha value is -4.02. The van der Waals surface area contributed by atoms with Crippen molar-refractivity contribution in [2.75, 3.05) is 41.7 Å². The zero-order valence-electron chi connectivity index (χ0n) is 24.9. The Kier molecular flexibility index (Phi) is 9.52. The molecule has 3 aliphatic heterocycles. The van der Waals surface area contributed by atoms with Crippen LogP contribution in [0.15, 0.2) is 60.0 Å². The van der Waals surface area contributed by atoms with Gasteiger partial charge in [0.2, 0.25) is 0 Å². The molecule has 2 amide bonds. The molecule has 3 aromatic heterocycles. The van der Waals surface area contributed by atoms with Crippen molar-refractivity contribution in [1.29, 1.82) is 0 Å². The second-order valence-corrected chi connectivity index (χ2v) is 13.1. The predicted molar refractivity (Wildman–Crippen MR) is 170 cm³/mol. The number of ether oxygens (including phenoxy) is 1. The molecule has 1 saturated heterocycles. The van der Waals surface area contributed by atoms with Crippen LogP contribution in [0.5, 0.6) is 5.75 Å². The number of alkyl halides is 4. The fraction of sp³-hybridized carbons (Fsp3) is 0.323. The van der Waals surface area contributed by atoms with Gasteiger partial charge in [-0.1, -0.05) is 0 Å². The molecule has 8 bridgehead atoms. The van der Waals surface area contributed by atoms with Crippen LogP contribution in [0.1, 0.15) is 32.7 Å². The molecule has 16 heteroatoms. The Morgan fingerprint density at radius 1 is 1.13 bits per heavy atom. The van der Waals surface area contributed by atoms with Crippen LogP contribution in [0.25, 0.3) is 5.52 Å². The number of piperidine rings is 1. The van der Waals surface area contributed by atoms with Crippen LogP contribution in [0.3, 0.4) is 0 Å². The summed E-state index contributed by atoms with van der Waals surface area (Å²) in [6.07, 6.45) is 3.42. The molecule has 10 nitrogen and oxygen atoms in total. The van der Waals surface area contributed by atoms with Crippen LogP contribution in [-0.2, 0) is 6.54 Å². The van der Waals surface area contributed by atoms with Gasteiger partial charge in [0.1, 0.15) is 0 Å². The zero-order chi connectivity index (χ0) is 33.3. The summed E-state index contributed by atoms with van der Waals surface area (Å²) in [5.41, 5.74) is -2.29. The summed E-state index contributed by atoms with van der Waals surface area (Å²) in [6, 6.07) is 9.17. The first-order valence-corrected chi connectivity index (χ1v) is 16.5. The zero-order valence-corrected chi connectivity index (χ0v) is 28.3. The monoisotopic (exact) mass is 775 g/mol. The van der Waals surface area contributed by atoms with Crippen LogP contribution >= 0.6 is 11.8 Å². The molecule has 2 N–H and O–H groups in total. The normalized spacial score (nSPS) is 19.2. The third kappa shape index (κ3) is 7.13. The number of benzene rings is 1. The minimum atomic E-state index is -4.58. The van der Waals surface area contributed by atoms with Gasteiger partial charge in [-0.25, -0.2) is 0 Å². The van der Waals surface area contributed by atoms with Crippen LogP contribution in [0.2, 0.25) is 0 Å². The number of rotatable bonds is 2. The Labute approximate surface area is 285 Å². The summed E-state index contributed by atoms with van der Waals surface area (Å²) in [4.78, 5) is 27.6. The van der Waals surface area contributed by atoms with Crippen molar-refractivity contribution >= 4 is 63.8 Å². The quantitative estimate of drug-likeness (QED) is 0.137. The van der Waals surface area contributed by atoms with Gasteiger partial charge in [0.05, 0.1) is 7.11 Å². The minimum absolute atomic E-state index is 0.0431. The van der Waals surface area contributed by atoms with Gasteiger partial charge in [0.15, 0.2) is 0 Å². The number of aromatic nitrogens is 3. The van der Waals surface area contributed by atoms with E-state index in [9.17, 15) is 22.8 Å². The fourth-order valence-electron chi connectivity index (χ4n) is 5.62. The maximum atomic E-state index is 15.8. The van der Waals surface area contributed by atoms with Crippen molar-refractivity contribution in [2.45, 2.75) is 35.7 Å². The number of nitrogens with zero attached hydrogens (tertiary/aromatic N) is 5. The van der Waals surface area contributed by atoms with E-state index in [-0.39, 0.29) is 60.3 Å². The molecule has 244 valence electrons. The smallest absolute Gasteiger partial charge is 0.269 e. The Morgan fingerprint density at radius 3 is 2.72 bits per heavy atom. The second-order valence-electron chi connectivity index (χ2n) is 10.8. The average molecular weight is 776 g/mol. The maximum absolute atomic E-state index is 15.8. The first-order chi connectivity index (χ1) is 22.5. The van der Waals surface area contributed by atoms with Gasteiger partial charge in [-0.05, 0) is 6.07 Å². The van der Waals surface area contributed by atoms with E-state index in [1.54, 1.807) is 50.3 Å². The van der Waals surface area contributed by atoms with Gasteiger partial charge < -0.3 is 0 Å². The van der Waals surface area contributed by atoms with Crippen molar-refractivity contribution < 1.29 is 31.9 Å². The number of nitrogens with one attached hydrogen (secondary N) is 2. The van der Waals surface area contributed by atoms with Gasteiger partial charge in [0, 0.05) is 0 Å². The predicted octanol–water partition coefficient (Wildman–Crippen LogP) is 4.11. The molecule has 47 heavy (non-hydrogen) atoms. The van der Waals surface area contributed by atoms with E-state index in [0.29, 0.717) is 46.7 Å². The van der Waals surface area contributed by atoms with Crippen LogP contribution < -0.4 is 18.4 Å². The molecule has 6 heterocycles. The number of pyridine rings is 1. The topological polar surface area (TPSA) is 96.1 Å². The van der Waals surface area contributed by atoms with Gasteiger partial charge >= 0.3 is 263 Å². The number of carbonyl (C=O) groups is 2. The molecule has 0 saturated carbocycles. The fourth-order valence-corrected chi connectivity index (χ4v) is 7.54. The average Bonchev–Trinajstić information content (AvgIpc) is 3.65. The van der Waals surface area contributed by atoms with E-state index in [0.717, 1.165) is 0 Å². The number of halogens is 4. The summed E-state index contributed by atoms with van der Waals surface area (Å²) in [6.45, 7) is 0.718. The van der Waals surface area contributed by atoms with Crippen molar-refractivity contribution in [1.82, 2.24) is 24.4 Å². The number of fused-ring (bicyclic) bond motifs is 7. The Balaban J connectivity index is 1.39. The number of amides is 2. The molecule has 2 radical (unpaired) electrons. The van der Waals surface area contributed by atoms with Gasteiger partial charge in [0.25, 0.3) is 5.91 Å². The number of thioether (sulfide) groups is 1. The number of hydrogen-bond acceptors (Lipinski definition) is 7. The molecule has 4 aromatic rings. The van der Waals surface area contributed by atoms with Crippen LogP contribution in [0, 0.1) is 11.8 Å². The molecule has 1 aromatic carbocycles. The molecular weight excluding hydrogens is 748 g/mol. The summed E-state index contributed by atoms with van der Waals surface area (Å²) in [5.74, 6) is 5.50. The molecule has 0 spiro atoms. The minimum Gasteiger partial charge on any atom is -0.269 e. The van der Waals surface area contributed by atoms with Crippen LogP contribution in [0.4, 0.5) is 28.9 Å². The van der Waals surface area contributed by atoms with Gasteiger partial charge in [-0.2, -0.15) is 0 Å². The molecule has 1 fully saturated rings. The van der Waals surface area contributed by atoms with E-state index in [1.165, 1.54) is 52.1 Å². The third-order valence-electron chi connectivity index (χ3n) is 7.87. The van der Waals surface area contributed by atoms with E-state index < -0.39 is 17.7 Å². The first-order valence-electron chi connectivity index (χ1n) is 14.5. The van der Waals surface area contributed by atoms with E-state index >= 15 is 4.39 Å². The van der Waals surface area contributed by atoms with Crippen molar-refractivity contribution in [3.8, 4) is 17.6 Å². The molecule has 2 atom stereocenters.